The number of benzene rings is 2. The molecular formula is C21H29FN4. The highest BCUT2D eigenvalue weighted by Gasteiger charge is 2.03. The van der Waals surface area contributed by atoms with Gasteiger partial charge in [-0.15, -0.1) is 0 Å². The monoisotopic (exact) mass is 356 g/mol. The van der Waals surface area contributed by atoms with Gasteiger partial charge in [0, 0.05) is 19.6 Å². The molecule has 2 aromatic rings. The van der Waals surface area contributed by atoms with E-state index in [0.717, 1.165) is 19.0 Å². The maximum Gasteiger partial charge on any atom is 0.191 e. The van der Waals surface area contributed by atoms with Gasteiger partial charge in [-0.3, -0.25) is 0 Å². The van der Waals surface area contributed by atoms with E-state index in [1.165, 1.54) is 17.2 Å². The summed E-state index contributed by atoms with van der Waals surface area (Å²) in [5.74, 6) is 0.593. The van der Waals surface area contributed by atoms with E-state index in [0.29, 0.717) is 25.1 Å². The van der Waals surface area contributed by atoms with Crippen LogP contribution in [0.25, 0.3) is 0 Å². The lowest BCUT2D eigenvalue weighted by Gasteiger charge is -2.12. The molecule has 0 heterocycles. The first-order valence-electron chi connectivity index (χ1n) is 9.06. The van der Waals surface area contributed by atoms with Crippen LogP contribution in [-0.4, -0.2) is 38.0 Å². The van der Waals surface area contributed by atoms with E-state index in [-0.39, 0.29) is 5.82 Å². The minimum atomic E-state index is -0.158. The predicted molar refractivity (Wildman–Crippen MR) is 107 cm³/mol. The van der Waals surface area contributed by atoms with Crippen LogP contribution in [-0.2, 0) is 19.5 Å². The topological polar surface area (TPSA) is 39.7 Å². The minimum absolute atomic E-state index is 0.158. The van der Waals surface area contributed by atoms with Crippen LogP contribution < -0.4 is 10.6 Å². The normalized spacial score (nSPS) is 11.7. The zero-order chi connectivity index (χ0) is 18.8. The Hall–Kier alpha value is -2.40. The predicted octanol–water partition coefficient (Wildman–Crippen LogP) is 3.19. The van der Waals surface area contributed by atoms with Crippen LogP contribution in [0.3, 0.4) is 0 Å². The highest BCUT2D eigenvalue weighted by Crippen LogP contribution is 2.08. The Bertz CT molecular complexity index is 713. The van der Waals surface area contributed by atoms with E-state index in [9.17, 15) is 4.39 Å². The third-order valence-electron chi connectivity index (χ3n) is 3.90. The van der Waals surface area contributed by atoms with Crippen LogP contribution in [0.1, 0.15) is 23.6 Å². The molecule has 0 aliphatic heterocycles. The lowest BCUT2D eigenvalue weighted by atomic mass is 10.1. The Morgan fingerprint density at radius 1 is 1.04 bits per heavy atom. The summed E-state index contributed by atoms with van der Waals surface area (Å²) in [7, 11) is 4.13. The molecule has 0 saturated heterocycles. The molecule has 2 aromatic carbocycles. The van der Waals surface area contributed by atoms with Crippen molar-refractivity contribution in [3.05, 3.63) is 71.0 Å². The largest absolute Gasteiger partial charge is 0.357 e. The molecule has 0 spiro atoms. The molecule has 0 atom stereocenters. The van der Waals surface area contributed by atoms with E-state index < -0.39 is 0 Å². The standard InChI is InChI=1S/C21H29FN4/c1-4-23-21(24-13-12-19-10-5-6-11-20(19)22)25-15-17-8-7-9-18(14-17)16-26(2)3/h5-11,14H,4,12-13,15-16H2,1-3H3,(H2,23,24,25). The zero-order valence-electron chi connectivity index (χ0n) is 15.9. The second kappa shape index (κ2) is 10.6. The fraction of sp³-hybridized carbons (Fsp3) is 0.381. The van der Waals surface area contributed by atoms with Crippen molar-refractivity contribution < 1.29 is 4.39 Å². The van der Waals surface area contributed by atoms with Crippen LogP contribution in [0, 0.1) is 5.82 Å². The molecule has 5 heteroatoms. The van der Waals surface area contributed by atoms with Crippen molar-refractivity contribution in [2.24, 2.45) is 4.99 Å². The van der Waals surface area contributed by atoms with Crippen molar-refractivity contribution in [3.8, 4) is 0 Å². The van der Waals surface area contributed by atoms with Crippen LogP contribution in [0.15, 0.2) is 53.5 Å². The van der Waals surface area contributed by atoms with Gasteiger partial charge >= 0.3 is 0 Å². The van der Waals surface area contributed by atoms with E-state index in [2.05, 4.69) is 58.9 Å². The van der Waals surface area contributed by atoms with E-state index in [4.69, 9.17) is 0 Å². The van der Waals surface area contributed by atoms with Crippen LogP contribution >= 0.6 is 0 Å². The summed E-state index contributed by atoms with van der Waals surface area (Å²) < 4.78 is 13.7. The molecule has 0 aliphatic rings. The Morgan fingerprint density at radius 3 is 2.54 bits per heavy atom. The van der Waals surface area contributed by atoms with Gasteiger partial charge in [0.05, 0.1) is 6.54 Å². The number of nitrogens with one attached hydrogen (secondary N) is 2. The molecule has 0 aromatic heterocycles. The summed E-state index contributed by atoms with van der Waals surface area (Å²) >= 11 is 0. The summed E-state index contributed by atoms with van der Waals surface area (Å²) in [4.78, 5) is 6.79. The van der Waals surface area contributed by atoms with Crippen molar-refractivity contribution in [1.29, 1.82) is 0 Å². The first-order valence-corrected chi connectivity index (χ1v) is 9.06. The van der Waals surface area contributed by atoms with Gasteiger partial charge < -0.3 is 15.5 Å². The molecule has 0 amide bonds. The zero-order valence-corrected chi connectivity index (χ0v) is 15.9. The summed E-state index contributed by atoms with van der Waals surface area (Å²) in [6.07, 6.45) is 0.620. The van der Waals surface area contributed by atoms with Crippen molar-refractivity contribution >= 4 is 5.96 Å². The van der Waals surface area contributed by atoms with Crippen molar-refractivity contribution in [2.45, 2.75) is 26.4 Å². The molecule has 2 N–H and O–H groups in total. The Labute approximate surface area is 156 Å². The number of hydrogen-bond donors (Lipinski definition) is 2. The van der Waals surface area contributed by atoms with Crippen molar-refractivity contribution in [1.82, 2.24) is 15.5 Å². The van der Waals surface area contributed by atoms with Gasteiger partial charge in [-0.1, -0.05) is 42.5 Å². The van der Waals surface area contributed by atoms with E-state index in [1.807, 2.05) is 19.1 Å². The fourth-order valence-corrected chi connectivity index (χ4v) is 2.72. The summed E-state index contributed by atoms with van der Waals surface area (Å²) in [6.45, 7) is 4.97. The quantitative estimate of drug-likeness (QED) is 0.564. The summed E-state index contributed by atoms with van der Waals surface area (Å²) in [6, 6.07) is 15.4. The molecule has 2 rings (SSSR count). The van der Waals surface area contributed by atoms with Gasteiger partial charge in [0.2, 0.25) is 0 Å². The van der Waals surface area contributed by atoms with Crippen molar-refractivity contribution in [3.63, 3.8) is 0 Å². The lowest BCUT2D eigenvalue weighted by molar-refractivity contribution is 0.402. The molecule has 0 fully saturated rings. The molecule has 0 saturated carbocycles. The smallest absolute Gasteiger partial charge is 0.191 e. The van der Waals surface area contributed by atoms with Gasteiger partial charge in [0.15, 0.2) is 5.96 Å². The number of guanidine groups is 1. The SMILES string of the molecule is CCNC(=NCc1cccc(CN(C)C)c1)NCCc1ccccc1F. The average molecular weight is 356 g/mol. The first kappa shape index (κ1) is 19.9. The highest BCUT2D eigenvalue weighted by molar-refractivity contribution is 5.79. The van der Waals surface area contributed by atoms with E-state index in [1.54, 1.807) is 6.07 Å². The fourth-order valence-electron chi connectivity index (χ4n) is 2.72. The Morgan fingerprint density at radius 2 is 1.81 bits per heavy atom. The number of rotatable bonds is 8. The van der Waals surface area contributed by atoms with Gasteiger partial charge in [0.1, 0.15) is 5.82 Å². The number of aliphatic imine (C=N–C) groups is 1. The molecule has 140 valence electrons. The van der Waals surface area contributed by atoms with Gasteiger partial charge in [-0.05, 0) is 50.2 Å². The molecule has 26 heavy (non-hydrogen) atoms. The average Bonchev–Trinajstić information content (AvgIpc) is 2.61. The molecule has 0 bridgehead atoms. The van der Waals surface area contributed by atoms with Crippen LogP contribution in [0.2, 0.25) is 0 Å². The molecule has 0 radical (unpaired) electrons. The van der Waals surface area contributed by atoms with E-state index >= 15 is 0 Å². The maximum atomic E-state index is 13.7. The number of hydrogen-bond acceptors (Lipinski definition) is 2. The molecule has 0 unspecified atom stereocenters. The third kappa shape index (κ3) is 6.84. The minimum Gasteiger partial charge on any atom is -0.357 e. The van der Waals surface area contributed by atoms with Gasteiger partial charge in [-0.2, -0.15) is 0 Å². The molecule has 4 nitrogen and oxygen atoms in total. The second-order valence-corrected chi connectivity index (χ2v) is 6.52. The maximum absolute atomic E-state index is 13.7. The molecular weight excluding hydrogens is 327 g/mol. The summed E-state index contributed by atoms with van der Waals surface area (Å²) in [5, 5.41) is 6.51. The van der Waals surface area contributed by atoms with Crippen LogP contribution in [0.4, 0.5) is 4.39 Å². The Kier molecular flexibility index (Phi) is 8.09. The third-order valence-corrected chi connectivity index (χ3v) is 3.90. The second-order valence-electron chi connectivity index (χ2n) is 6.52. The highest BCUT2D eigenvalue weighted by atomic mass is 19.1. The van der Waals surface area contributed by atoms with Gasteiger partial charge in [0.25, 0.3) is 0 Å². The van der Waals surface area contributed by atoms with Crippen molar-refractivity contribution in [2.75, 3.05) is 27.2 Å². The number of halogens is 1. The Balaban J connectivity index is 1.92. The molecule has 0 aliphatic carbocycles. The van der Waals surface area contributed by atoms with Gasteiger partial charge in [-0.25, -0.2) is 9.38 Å². The lowest BCUT2D eigenvalue weighted by Crippen LogP contribution is -2.38. The summed E-state index contributed by atoms with van der Waals surface area (Å²) in [5.41, 5.74) is 3.17. The van der Waals surface area contributed by atoms with Crippen LogP contribution in [0.5, 0.6) is 0 Å². The first-order chi connectivity index (χ1) is 12.6. The number of nitrogens with zero attached hydrogens (tertiary/aromatic N) is 2.